The van der Waals surface area contributed by atoms with Gasteiger partial charge in [-0.3, -0.25) is 9.79 Å². The Morgan fingerprint density at radius 2 is 2.06 bits per heavy atom. The van der Waals surface area contributed by atoms with E-state index in [-0.39, 0.29) is 5.78 Å². The number of carbonyl (C=O) groups is 1. The Kier molecular flexibility index (Phi) is 8.72. The lowest BCUT2D eigenvalue weighted by atomic mass is 10.2. The van der Waals surface area contributed by atoms with E-state index in [1.807, 2.05) is 13.8 Å². The molecule has 0 heterocycles. The molecule has 3 nitrogen and oxygen atoms in total. The standard InChI is InChI=1S/C13H22N2OS/c1-5-10(3)13(17-9-11(4)16)8-15-12(6-2)7-14/h8H,3,5-7,9,14H2,1-2,4H3/b13-8+,15-12?. The molecule has 0 amide bonds. The summed E-state index contributed by atoms with van der Waals surface area (Å²) in [5, 5.41) is 0. The number of allylic oxidation sites excluding steroid dienone is 1. The second-order valence-corrected chi connectivity index (χ2v) is 4.71. The Balaban J connectivity index is 4.78. The van der Waals surface area contributed by atoms with Gasteiger partial charge in [0.2, 0.25) is 0 Å². The van der Waals surface area contributed by atoms with Crippen LogP contribution in [0.1, 0.15) is 33.6 Å². The molecule has 0 spiro atoms. The van der Waals surface area contributed by atoms with Crippen LogP contribution in [0.15, 0.2) is 28.2 Å². The zero-order chi connectivity index (χ0) is 13.3. The Morgan fingerprint density at radius 1 is 1.41 bits per heavy atom. The zero-order valence-corrected chi connectivity index (χ0v) is 11.8. The van der Waals surface area contributed by atoms with Crippen molar-refractivity contribution in [1.82, 2.24) is 0 Å². The third kappa shape index (κ3) is 7.13. The molecule has 0 aromatic carbocycles. The van der Waals surface area contributed by atoms with Crippen molar-refractivity contribution in [1.29, 1.82) is 0 Å². The van der Waals surface area contributed by atoms with Gasteiger partial charge in [-0.1, -0.05) is 20.4 Å². The summed E-state index contributed by atoms with van der Waals surface area (Å²) in [4.78, 5) is 16.3. The second-order valence-electron chi connectivity index (χ2n) is 3.69. The maximum Gasteiger partial charge on any atom is 0.140 e. The number of thioether (sulfide) groups is 1. The molecule has 0 fully saturated rings. The van der Waals surface area contributed by atoms with Gasteiger partial charge >= 0.3 is 0 Å². The predicted molar refractivity (Wildman–Crippen MR) is 77.4 cm³/mol. The van der Waals surface area contributed by atoms with E-state index in [0.717, 1.165) is 29.0 Å². The minimum atomic E-state index is 0.156. The van der Waals surface area contributed by atoms with Crippen LogP contribution in [0.25, 0.3) is 0 Å². The first-order chi connectivity index (χ1) is 8.04. The maximum atomic E-state index is 11.0. The summed E-state index contributed by atoms with van der Waals surface area (Å²) in [5.74, 6) is 0.619. The van der Waals surface area contributed by atoms with E-state index >= 15 is 0 Å². The van der Waals surface area contributed by atoms with Crippen LogP contribution in [0.3, 0.4) is 0 Å². The van der Waals surface area contributed by atoms with Gasteiger partial charge < -0.3 is 5.73 Å². The molecule has 96 valence electrons. The topological polar surface area (TPSA) is 55.4 Å². The highest BCUT2D eigenvalue weighted by Crippen LogP contribution is 2.25. The van der Waals surface area contributed by atoms with Crippen molar-refractivity contribution in [2.75, 3.05) is 12.3 Å². The van der Waals surface area contributed by atoms with Crippen molar-refractivity contribution in [2.24, 2.45) is 10.7 Å². The Bertz CT molecular complexity index is 326. The van der Waals surface area contributed by atoms with Gasteiger partial charge in [0.25, 0.3) is 0 Å². The molecular weight excluding hydrogens is 232 g/mol. The fourth-order valence-corrected chi connectivity index (χ4v) is 1.86. The van der Waals surface area contributed by atoms with E-state index in [1.54, 1.807) is 13.1 Å². The van der Waals surface area contributed by atoms with Crippen LogP contribution in [0.5, 0.6) is 0 Å². The van der Waals surface area contributed by atoms with Crippen molar-refractivity contribution in [3.05, 3.63) is 23.3 Å². The molecule has 0 aromatic heterocycles. The summed E-state index contributed by atoms with van der Waals surface area (Å²) in [5.41, 5.74) is 7.52. The van der Waals surface area contributed by atoms with Crippen molar-refractivity contribution in [3.63, 3.8) is 0 Å². The first kappa shape index (κ1) is 16.1. The van der Waals surface area contributed by atoms with E-state index in [0.29, 0.717) is 12.3 Å². The number of aliphatic imine (C=N–C) groups is 1. The number of hydrogen-bond acceptors (Lipinski definition) is 4. The van der Waals surface area contributed by atoms with Gasteiger partial charge in [0, 0.05) is 23.4 Å². The van der Waals surface area contributed by atoms with Crippen LogP contribution in [-0.4, -0.2) is 23.8 Å². The second kappa shape index (κ2) is 9.19. The molecule has 4 heteroatoms. The minimum Gasteiger partial charge on any atom is -0.325 e. The molecule has 0 aliphatic heterocycles. The molecule has 0 radical (unpaired) electrons. The number of hydrogen-bond donors (Lipinski definition) is 1. The predicted octanol–water partition coefficient (Wildman–Crippen LogP) is 2.93. The summed E-state index contributed by atoms with van der Waals surface area (Å²) in [6.45, 7) is 10.1. The van der Waals surface area contributed by atoms with Crippen LogP contribution >= 0.6 is 11.8 Å². The third-order valence-corrected chi connectivity index (χ3v) is 3.47. The van der Waals surface area contributed by atoms with Crippen LogP contribution in [0, 0.1) is 0 Å². The summed E-state index contributed by atoms with van der Waals surface area (Å²) in [7, 11) is 0. The van der Waals surface area contributed by atoms with Crippen LogP contribution in [-0.2, 0) is 4.79 Å². The third-order valence-electron chi connectivity index (χ3n) is 2.21. The summed E-state index contributed by atoms with van der Waals surface area (Å²) < 4.78 is 0. The molecule has 0 rings (SSSR count). The number of Topliss-reactive ketones (excluding diaryl/α,β-unsaturated/α-hetero) is 1. The molecule has 0 aliphatic rings. The number of rotatable bonds is 8. The summed E-state index contributed by atoms with van der Waals surface area (Å²) >= 11 is 1.49. The zero-order valence-electron chi connectivity index (χ0n) is 11.0. The van der Waals surface area contributed by atoms with Crippen molar-refractivity contribution >= 4 is 23.3 Å². The minimum absolute atomic E-state index is 0.156. The molecule has 0 unspecified atom stereocenters. The monoisotopic (exact) mass is 254 g/mol. The normalized spacial score (nSPS) is 12.7. The fraction of sp³-hybridized carbons (Fsp3) is 0.538. The first-order valence-electron chi connectivity index (χ1n) is 5.81. The molecule has 0 atom stereocenters. The van der Waals surface area contributed by atoms with Gasteiger partial charge in [-0.05, 0) is 25.3 Å². The van der Waals surface area contributed by atoms with Gasteiger partial charge in [-0.15, -0.1) is 11.8 Å². The molecular formula is C13H22N2OS. The van der Waals surface area contributed by atoms with E-state index in [2.05, 4.69) is 11.6 Å². The summed E-state index contributed by atoms with van der Waals surface area (Å²) in [6.07, 6.45) is 3.48. The fourth-order valence-electron chi connectivity index (χ4n) is 1.02. The van der Waals surface area contributed by atoms with Gasteiger partial charge in [-0.25, -0.2) is 0 Å². The maximum absolute atomic E-state index is 11.0. The first-order valence-corrected chi connectivity index (χ1v) is 6.79. The van der Waals surface area contributed by atoms with E-state index in [1.165, 1.54) is 11.8 Å². The van der Waals surface area contributed by atoms with E-state index < -0.39 is 0 Å². The number of nitrogens with zero attached hydrogens (tertiary/aromatic N) is 1. The lowest BCUT2D eigenvalue weighted by Gasteiger charge is -2.06. The molecule has 0 saturated heterocycles. The Morgan fingerprint density at radius 3 is 2.47 bits per heavy atom. The number of nitrogens with two attached hydrogens (primary N) is 1. The van der Waals surface area contributed by atoms with Crippen molar-refractivity contribution in [3.8, 4) is 0 Å². The average molecular weight is 254 g/mol. The molecule has 17 heavy (non-hydrogen) atoms. The highest BCUT2D eigenvalue weighted by Gasteiger charge is 2.04. The SMILES string of the molecule is C=C(CC)/C(=C\N=C(CC)CN)SCC(C)=O. The quantitative estimate of drug-likeness (QED) is 0.535. The lowest BCUT2D eigenvalue weighted by molar-refractivity contribution is -0.114. The molecule has 0 bridgehead atoms. The Hall–Kier alpha value is -0.870. The van der Waals surface area contributed by atoms with Crippen LogP contribution in [0.4, 0.5) is 0 Å². The smallest absolute Gasteiger partial charge is 0.140 e. The van der Waals surface area contributed by atoms with Gasteiger partial charge in [0.05, 0.1) is 5.75 Å². The van der Waals surface area contributed by atoms with Crippen LogP contribution < -0.4 is 5.73 Å². The van der Waals surface area contributed by atoms with Crippen molar-refractivity contribution in [2.45, 2.75) is 33.6 Å². The molecule has 0 aromatic rings. The number of carbonyl (C=O) groups excluding carboxylic acids is 1. The molecule has 0 saturated carbocycles. The lowest BCUT2D eigenvalue weighted by Crippen LogP contribution is -2.11. The summed E-state index contributed by atoms with van der Waals surface area (Å²) in [6, 6.07) is 0. The van der Waals surface area contributed by atoms with Gasteiger partial charge in [0.15, 0.2) is 0 Å². The number of ketones is 1. The van der Waals surface area contributed by atoms with E-state index in [4.69, 9.17) is 5.73 Å². The largest absolute Gasteiger partial charge is 0.325 e. The molecule has 2 N–H and O–H groups in total. The Labute approximate surface area is 108 Å². The van der Waals surface area contributed by atoms with Gasteiger partial charge in [0.1, 0.15) is 5.78 Å². The van der Waals surface area contributed by atoms with Crippen molar-refractivity contribution < 1.29 is 4.79 Å². The van der Waals surface area contributed by atoms with E-state index in [9.17, 15) is 4.79 Å². The molecule has 0 aliphatic carbocycles. The highest BCUT2D eigenvalue weighted by molar-refractivity contribution is 8.03. The average Bonchev–Trinajstić information content (AvgIpc) is 2.32. The van der Waals surface area contributed by atoms with Crippen LogP contribution in [0.2, 0.25) is 0 Å². The van der Waals surface area contributed by atoms with Gasteiger partial charge in [-0.2, -0.15) is 0 Å². The highest BCUT2D eigenvalue weighted by atomic mass is 32.2.